The zero-order valence-corrected chi connectivity index (χ0v) is 20.1. The maximum atomic E-state index is 14.3. The van der Waals surface area contributed by atoms with Crippen LogP contribution in [0.1, 0.15) is 35.4 Å². The van der Waals surface area contributed by atoms with E-state index in [0.29, 0.717) is 18.8 Å². The Morgan fingerprint density at radius 3 is 2.37 bits per heavy atom. The van der Waals surface area contributed by atoms with Crippen molar-refractivity contribution in [2.75, 3.05) is 49.1 Å². The third-order valence-corrected chi connectivity index (χ3v) is 7.20. The minimum absolute atomic E-state index is 0.000566. The van der Waals surface area contributed by atoms with E-state index in [9.17, 15) is 13.6 Å². The van der Waals surface area contributed by atoms with Gasteiger partial charge in [0.25, 0.3) is 0 Å². The highest BCUT2D eigenvalue weighted by atomic mass is 19.1. The third-order valence-electron chi connectivity index (χ3n) is 7.20. The predicted molar refractivity (Wildman–Crippen MR) is 136 cm³/mol. The monoisotopic (exact) mass is 475 g/mol. The normalized spacial score (nSPS) is 18.8. The first-order chi connectivity index (χ1) is 17.0. The number of carbonyl (C=O) groups is 1. The molecule has 0 aliphatic carbocycles. The van der Waals surface area contributed by atoms with Crippen LogP contribution in [0.3, 0.4) is 0 Å². The summed E-state index contributed by atoms with van der Waals surface area (Å²) in [5, 5.41) is 0. The summed E-state index contributed by atoms with van der Waals surface area (Å²) < 4.78 is 27.8. The van der Waals surface area contributed by atoms with Crippen molar-refractivity contribution in [2.45, 2.75) is 25.7 Å². The average molecular weight is 476 g/mol. The zero-order valence-electron chi connectivity index (χ0n) is 20.1. The first-order valence-corrected chi connectivity index (χ1v) is 12.4. The lowest BCUT2D eigenvalue weighted by molar-refractivity contribution is -0.119. The molecular formula is C29H31F2N3O. The maximum absolute atomic E-state index is 14.3. The largest absolute Gasteiger partial charge is 0.369 e. The molecule has 3 aromatic carbocycles. The Balaban J connectivity index is 1.31. The minimum atomic E-state index is -0.354. The standard InChI is InChI=1S/C29H31F2N3O/c1-21-4-2-5-25(18-21)33-16-14-32(15-17-33)20-29(35)34-13-3-6-26(22-7-9-23(30)10-8-22)27-12-11-24(31)19-28(27)34/h2,4-5,7-12,18-19,26H,3,6,13-17,20H2,1H3. The van der Waals surface area contributed by atoms with Crippen molar-refractivity contribution in [3.8, 4) is 0 Å². The lowest BCUT2D eigenvalue weighted by Gasteiger charge is -2.36. The summed E-state index contributed by atoms with van der Waals surface area (Å²) in [5.41, 5.74) is 5.01. The van der Waals surface area contributed by atoms with Crippen LogP contribution in [-0.4, -0.2) is 50.1 Å². The van der Waals surface area contributed by atoms with Crippen LogP contribution >= 0.6 is 0 Å². The van der Waals surface area contributed by atoms with Crippen LogP contribution in [0.4, 0.5) is 20.2 Å². The second-order valence-electron chi connectivity index (χ2n) is 9.60. The highest BCUT2D eigenvalue weighted by molar-refractivity contribution is 5.96. The molecule has 6 heteroatoms. The third kappa shape index (κ3) is 5.22. The molecule has 3 aromatic rings. The van der Waals surface area contributed by atoms with E-state index in [1.165, 1.54) is 35.5 Å². The Morgan fingerprint density at radius 1 is 0.886 bits per heavy atom. The summed E-state index contributed by atoms with van der Waals surface area (Å²) in [6.07, 6.45) is 1.62. The number of amides is 1. The molecule has 0 bridgehead atoms. The van der Waals surface area contributed by atoms with Gasteiger partial charge in [-0.05, 0) is 72.9 Å². The molecule has 0 aromatic heterocycles. The number of hydrogen-bond donors (Lipinski definition) is 0. The van der Waals surface area contributed by atoms with Crippen molar-refractivity contribution < 1.29 is 13.6 Å². The SMILES string of the molecule is Cc1cccc(N2CCN(CC(=O)N3CCCC(c4ccc(F)cc4)c4ccc(F)cc43)CC2)c1. The predicted octanol–water partition coefficient (Wildman–Crippen LogP) is 5.35. The number of fused-ring (bicyclic) bond motifs is 1. The Labute approximate surface area is 205 Å². The van der Waals surface area contributed by atoms with E-state index in [1.807, 2.05) is 0 Å². The Kier molecular flexibility index (Phi) is 6.82. The van der Waals surface area contributed by atoms with E-state index in [0.717, 1.165) is 50.1 Å². The highest BCUT2D eigenvalue weighted by Crippen LogP contribution is 2.39. The van der Waals surface area contributed by atoms with Gasteiger partial charge in [0.15, 0.2) is 0 Å². The van der Waals surface area contributed by atoms with E-state index in [-0.39, 0.29) is 23.5 Å². The highest BCUT2D eigenvalue weighted by Gasteiger charge is 2.29. The van der Waals surface area contributed by atoms with E-state index >= 15 is 0 Å². The number of halogens is 2. The van der Waals surface area contributed by atoms with Crippen molar-refractivity contribution in [2.24, 2.45) is 0 Å². The molecule has 1 atom stereocenters. The summed E-state index contributed by atoms with van der Waals surface area (Å²) >= 11 is 0. The Hall–Kier alpha value is -3.25. The number of aryl methyl sites for hydroxylation is 1. The molecule has 35 heavy (non-hydrogen) atoms. The Morgan fingerprint density at radius 2 is 1.63 bits per heavy atom. The van der Waals surface area contributed by atoms with Gasteiger partial charge in [-0.3, -0.25) is 9.69 Å². The van der Waals surface area contributed by atoms with E-state index in [4.69, 9.17) is 0 Å². The molecule has 0 radical (unpaired) electrons. The molecule has 1 fully saturated rings. The number of piperazine rings is 1. The number of anilines is 2. The van der Waals surface area contributed by atoms with Gasteiger partial charge >= 0.3 is 0 Å². The van der Waals surface area contributed by atoms with Gasteiger partial charge < -0.3 is 9.80 Å². The molecule has 2 heterocycles. The van der Waals surface area contributed by atoms with E-state index < -0.39 is 0 Å². The summed E-state index contributed by atoms with van der Waals surface area (Å²) in [6, 6.07) is 19.7. The van der Waals surface area contributed by atoms with Crippen LogP contribution in [0, 0.1) is 18.6 Å². The van der Waals surface area contributed by atoms with Crippen LogP contribution in [0.2, 0.25) is 0 Å². The molecule has 2 aliphatic heterocycles. The summed E-state index contributed by atoms with van der Waals surface area (Å²) in [6.45, 7) is 6.32. The number of rotatable bonds is 4. The number of nitrogens with zero attached hydrogens (tertiary/aromatic N) is 3. The second-order valence-corrected chi connectivity index (χ2v) is 9.60. The lowest BCUT2D eigenvalue weighted by Crippen LogP contribution is -2.50. The minimum Gasteiger partial charge on any atom is -0.369 e. The molecular weight excluding hydrogens is 444 g/mol. The van der Waals surface area contributed by atoms with E-state index in [2.05, 4.69) is 41.0 Å². The van der Waals surface area contributed by atoms with Gasteiger partial charge in [0, 0.05) is 44.3 Å². The van der Waals surface area contributed by atoms with Gasteiger partial charge in [-0.2, -0.15) is 0 Å². The molecule has 1 saturated heterocycles. The number of hydrogen-bond acceptors (Lipinski definition) is 3. The molecule has 5 rings (SSSR count). The van der Waals surface area contributed by atoms with Crippen LogP contribution < -0.4 is 9.80 Å². The molecule has 1 amide bonds. The van der Waals surface area contributed by atoms with Crippen molar-refractivity contribution in [1.82, 2.24) is 4.90 Å². The molecule has 0 spiro atoms. The maximum Gasteiger partial charge on any atom is 0.241 e. The van der Waals surface area contributed by atoms with Crippen molar-refractivity contribution in [1.29, 1.82) is 0 Å². The first kappa shape index (κ1) is 23.5. The quantitative estimate of drug-likeness (QED) is 0.509. The van der Waals surface area contributed by atoms with Gasteiger partial charge in [-0.25, -0.2) is 8.78 Å². The summed E-state index contributed by atoms with van der Waals surface area (Å²) in [5.74, 6) is -0.628. The van der Waals surface area contributed by atoms with Crippen LogP contribution in [0.5, 0.6) is 0 Å². The van der Waals surface area contributed by atoms with Gasteiger partial charge in [0.1, 0.15) is 11.6 Å². The fourth-order valence-corrected chi connectivity index (χ4v) is 5.34. The van der Waals surface area contributed by atoms with Crippen molar-refractivity contribution >= 4 is 17.3 Å². The van der Waals surface area contributed by atoms with Crippen molar-refractivity contribution in [3.63, 3.8) is 0 Å². The van der Waals surface area contributed by atoms with Gasteiger partial charge in [-0.15, -0.1) is 0 Å². The molecule has 4 nitrogen and oxygen atoms in total. The van der Waals surface area contributed by atoms with Crippen LogP contribution in [0.15, 0.2) is 66.7 Å². The second kappa shape index (κ2) is 10.2. The topological polar surface area (TPSA) is 26.8 Å². The zero-order chi connectivity index (χ0) is 24.4. The van der Waals surface area contributed by atoms with Gasteiger partial charge in [0.2, 0.25) is 5.91 Å². The smallest absolute Gasteiger partial charge is 0.241 e. The van der Waals surface area contributed by atoms with E-state index in [1.54, 1.807) is 23.1 Å². The Bertz CT molecular complexity index is 1190. The van der Waals surface area contributed by atoms with Gasteiger partial charge in [0.05, 0.1) is 12.2 Å². The summed E-state index contributed by atoms with van der Waals surface area (Å²) in [7, 11) is 0. The average Bonchev–Trinajstić information content (AvgIpc) is 3.04. The first-order valence-electron chi connectivity index (χ1n) is 12.4. The van der Waals surface area contributed by atoms with Crippen LogP contribution in [0.25, 0.3) is 0 Å². The molecule has 2 aliphatic rings. The molecule has 0 saturated carbocycles. The number of carbonyl (C=O) groups excluding carboxylic acids is 1. The molecule has 0 N–H and O–H groups in total. The van der Waals surface area contributed by atoms with Gasteiger partial charge in [-0.1, -0.05) is 30.3 Å². The fourth-order valence-electron chi connectivity index (χ4n) is 5.34. The lowest BCUT2D eigenvalue weighted by atomic mass is 9.87. The number of benzene rings is 3. The molecule has 1 unspecified atom stereocenters. The van der Waals surface area contributed by atoms with Crippen molar-refractivity contribution in [3.05, 3.63) is 95.1 Å². The fraction of sp³-hybridized carbons (Fsp3) is 0.345. The summed E-state index contributed by atoms with van der Waals surface area (Å²) in [4.78, 5) is 19.8. The molecule has 182 valence electrons. The van der Waals surface area contributed by atoms with Crippen LogP contribution in [-0.2, 0) is 4.79 Å².